The van der Waals surface area contributed by atoms with Gasteiger partial charge < -0.3 is 15.0 Å². The van der Waals surface area contributed by atoms with Gasteiger partial charge in [0, 0.05) is 6.54 Å². The van der Waals surface area contributed by atoms with E-state index in [2.05, 4.69) is 36.2 Å². The van der Waals surface area contributed by atoms with Gasteiger partial charge in [0.15, 0.2) is 0 Å². The summed E-state index contributed by atoms with van der Waals surface area (Å²) in [6.07, 6.45) is 3.39. The fourth-order valence-electron chi connectivity index (χ4n) is 3.33. The molecular weight excluding hydrogens is 336 g/mol. The van der Waals surface area contributed by atoms with Crippen LogP contribution in [0.3, 0.4) is 0 Å². The molecule has 2 aromatic carbocycles. The maximum Gasteiger partial charge on any atom is 0.227 e. The van der Waals surface area contributed by atoms with Crippen molar-refractivity contribution in [2.24, 2.45) is 0 Å². The summed E-state index contributed by atoms with van der Waals surface area (Å²) in [6.45, 7) is 10.5. The highest BCUT2D eigenvalue weighted by molar-refractivity contribution is 5.88. The molecule has 1 atom stereocenters. The van der Waals surface area contributed by atoms with Crippen molar-refractivity contribution in [2.45, 2.75) is 46.0 Å². The summed E-state index contributed by atoms with van der Waals surface area (Å²) in [5, 5.41) is 5.34. The number of carbonyl (C=O) groups is 1. The highest BCUT2D eigenvalue weighted by Gasteiger charge is 2.15. The van der Waals surface area contributed by atoms with Gasteiger partial charge >= 0.3 is 0 Å². The summed E-state index contributed by atoms with van der Waals surface area (Å²) >= 11 is 0. The van der Waals surface area contributed by atoms with E-state index in [9.17, 15) is 4.79 Å². The zero-order valence-corrected chi connectivity index (χ0v) is 17.3. The van der Waals surface area contributed by atoms with E-state index in [1.54, 1.807) is 7.11 Å². The van der Waals surface area contributed by atoms with Crippen LogP contribution in [0.25, 0.3) is 10.8 Å². The molecule has 0 aliphatic carbocycles. The first-order chi connectivity index (χ1) is 13.1. The SMILES string of the molecule is CCN(CC)CCCCCNC(=O)C(C)c1ccc2cc(OC)ccc2c1. The van der Waals surface area contributed by atoms with Crippen LogP contribution in [0.2, 0.25) is 0 Å². The molecule has 0 aromatic heterocycles. The van der Waals surface area contributed by atoms with Gasteiger partial charge in [-0.25, -0.2) is 0 Å². The molecule has 4 nitrogen and oxygen atoms in total. The molecule has 2 rings (SSSR count). The van der Waals surface area contributed by atoms with Crippen molar-refractivity contribution >= 4 is 16.7 Å². The number of unbranched alkanes of at least 4 members (excludes halogenated alkanes) is 2. The van der Waals surface area contributed by atoms with Gasteiger partial charge in [-0.15, -0.1) is 0 Å². The monoisotopic (exact) mass is 370 g/mol. The second-order valence-electron chi connectivity index (χ2n) is 7.07. The molecule has 0 fully saturated rings. The summed E-state index contributed by atoms with van der Waals surface area (Å²) in [4.78, 5) is 14.9. The Morgan fingerprint density at radius 1 is 1.04 bits per heavy atom. The number of amides is 1. The number of hydrogen-bond donors (Lipinski definition) is 1. The Morgan fingerprint density at radius 2 is 1.74 bits per heavy atom. The number of rotatable bonds is 11. The van der Waals surface area contributed by atoms with E-state index in [0.717, 1.165) is 61.1 Å². The fraction of sp³-hybridized carbons (Fsp3) is 0.522. The van der Waals surface area contributed by atoms with E-state index in [-0.39, 0.29) is 11.8 Å². The molecule has 0 spiro atoms. The summed E-state index contributed by atoms with van der Waals surface area (Å²) in [5.41, 5.74) is 1.05. The molecule has 0 saturated heterocycles. The van der Waals surface area contributed by atoms with E-state index >= 15 is 0 Å². The van der Waals surface area contributed by atoms with Crippen LogP contribution in [0, 0.1) is 0 Å². The highest BCUT2D eigenvalue weighted by atomic mass is 16.5. The minimum atomic E-state index is -0.146. The van der Waals surface area contributed by atoms with Gasteiger partial charge in [-0.05, 0) is 67.9 Å². The van der Waals surface area contributed by atoms with Crippen molar-refractivity contribution in [1.82, 2.24) is 10.2 Å². The lowest BCUT2D eigenvalue weighted by Crippen LogP contribution is -2.29. The highest BCUT2D eigenvalue weighted by Crippen LogP contribution is 2.25. The average molecular weight is 371 g/mol. The third-order valence-electron chi connectivity index (χ3n) is 5.31. The van der Waals surface area contributed by atoms with Crippen LogP contribution in [0.4, 0.5) is 0 Å². The molecule has 4 heteroatoms. The van der Waals surface area contributed by atoms with Crippen LogP contribution < -0.4 is 10.1 Å². The second kappa shape index (κ2) is 10.9. The molecule has 0 saturated carbocycles. The fourth-order valence-corrected chi connectivity index (χ4v) is 3.33. The summed E-state index contributed by atoms with van der Waals surface area (Å²) in [7, 11) is 1.67. The molecule has 0 aliphatic heterocycles. The van der Waals surface area contributed by atoms with E-state index in [1.165, 1.54) is 6.42 Å². The van der Waals surface area contributed by atoms with E-state index in [1.807, 2.05) is 31.2 Å². The smallest absolute Gasteiger partial charge is 0.227 e. The standard InChI is InChI=1S/C23H34N2O2/c1-5-25(6-2)15-9-7-8-14-24-23(26)18(3)19-10-11-21-17-22(27-4)13-12-20(21)16-19/h10-13,16-18H,5-9,14-15H2,1-4H3,(H,24,26). The number of ether oxygens (including phenoxy) is 1. The Kier molecular flexibility index (Phi) is 8.59. The molecule has 27 heavy (non-hydrogen) atoms. The Hall–Kier alpha value is -2.07. The number of methoxy groups -OCH3 is 1. The molecule has 148 valence electrons. The molecule has 1 unspecified atom stereocenters. The third-order valence-corrected chi connectivity index (χ3v) is 5.31. The van der Waals surface area contributed by atoms with Crippen LogP contribution in [0.5, 0.6) is 5.75 Å². The van der Waals surface area contributed by atoms with Gasteiger partial charge in [0.1, 0.15) is 5.75 Å². The number of fused-ring (bicyclic) bond motifs is 1. The van der Waals surface area contributed by atoms with Crippen LogP contribution >= 0.6 is 0 Å². The summed E-state index contributed by atoms with van der Waals surface area (Å²) < 4.78 is 5.27. The van der Waals surface area contributed by atoms with E-state index < -0.39 is 0 Å². The Balaban J connectivity index is 1.80. The van der Waals surface area contributed by atoms with Gasteiger partial charge in [0.05, 0.1) is 13.0 Å². The largest absolute Gasteiger partial charge is 0.497 e. The lowest BCUT2D eigenvalue weighted by atomic mass is 9.97. The molecule has 2 aromatic rings. The second-order valence-corrected chi connectivity index (χ2v) is 7.07. The van der Waals surface area contributed by atoms with Gasteiger partial charge in [0.25, 0.3) is 0 Å². The van der Waals surface area contributed by atoms with Crippen molar-refractivity contribution in [3.63, 3.8) is 0 Å². The van der Waals surface area contributed by atoms with Gasteiger partial charge in [-0.3, -0.25) is 4.79 Å². The molecule has 0 radical (unpaired) electrons. The number of benzene rings is 2. The Labute approximate surface area is 163 Å². The Bertz CT molecular complexity index is 725. The van der Waals surface area contributed by atoms with Crippen molar-refractivity contribution in [1.29, 1.82) is 0 Å². The third kappa shape index (κ3) is 6.24. The molecular formula is C23H34N2O2. The van der Waals surface area contributed by atoms with Crippen molar-refractivity contribution in [2.75, 3.05) is 33.3 Å². The lowest BCUT2D eigenvalue weighted by Gasteiger charge is -2.17. The lowest BCUT2D eigenvalue weighted by molar-refractivity contribution is -0.122. The summed E-state index contributed by atoms with van der Waals surface area (Å²) in [5.74, 6) is 0.806. The number of nitrogens with zero attached hydrogens (tertiary/aromatic N) is 1. The predicted octanol–water partition coefficient (Wildman–Crippen LogP) is 4.58. The minimum absolute atomic E-state index is 0.103. The predicted molar refractivity (Wildman–Crippen MR) is 114 cm³/mol. The zero-order valence-electron chi connectivity index (χ0n) is 17.3. The summed E-state index contributed by atoms with van der Waals surface area (Å²) in [6, 6.07) is 12.2. The van der Waals surface area contributed by atoms with Gasteiger partial charge in [-0.2, -0.15) is 0 Å². The first-order valence-electron chi connectivity index (χ1n) is 10.2. The quantitative estimate of drug-likeness (QED) is 0.589. The molecule has 1 N–H and O–H groups in total. The maximum atomic E-state index is 12.5. The Morgan fingerprint density at radius 3 is 2.44 bits per heavy atom. The number of nitrogens with one attached hydrogen (secondary N) is 1. The molecule has 1 amide bonds. The number of hydrogen-bond acceptors (Lipinski definition) is 3. The molecule has 0 aliphatic rings. The van der Waals surface area contributed by atoms with Crippen LogP contribution in [-0.2, 0) is 4.79 Å². The van der Waals surface area contributed by atoms with Crippen LogP contribution in [0.1, 0.15) is 51.5 Å². The van der Waals surface area contributed by atoms with Gasteiger partial charge in [0.2, 0.25) is 5.91 Å². The number of carbonyl (C=O) groups excluding carboxylic acids is 1. The van der Waals surface area contributed by atoms with E-state index in [4.69, 9.17) is 4.74 Å². The van der Waals surface area contributed by atoms with Crippen molar-refractivity contribution in [3.05, 3.63) is 42.0 Å². The zero-order chi connectivity index (χ0) is 19.6. The van der Waals surface area contributed by atoms with Gasteiger partial charge in [-0.1, -0.05) is 44.5 Å². The molecule has 0 bridgehead atoms. The first kappa shape index (κ1) is 21.2. The topological polar surface area (TPSA) is 41.6 Å². The van der Waals surface area contributed by atoms with Crippen LogP contribution in [0.15, 0.2) is 36.4 Å². The minimum Gasteiger partial charge on any atom is -0.497 e. The molecule has 0 heterocycles. The first-order valence-corrected chi connectivity index (χ1v) is 10.2. The maximum absolute atomic E-state index is 12.5. The van der Waals surface area contributed by atoms with Crippen molar-refractivity contribution < 1.29 is 9.53 Å². The average Bonchev–Trinajstić information content (AvgIpc) is 2.71. The van der Waals surface area contributed by atoms with Crippen LogP contribution in [-0.4, -0.2) is 44.1 Å². The van der Waals surface area contributed by atoms with E-state index in [0.29, 0.717) is 0 Å². The van der Waals surface area contributed by atoms with Crippen molar-refractivity contribution in [3.8, 4) is 5.75 Å². The normalized spacial score (nSPS) is 12.3.